The molecule has 0 fully saturated rings. The van der Waals surface area contributed by atoms with E-state index in [-0.39, 0.29) is 17.9 Å². The lowest BCUT2D eigenvalue weighted by Gasteiger charge is -2.30. The molecule has 0 aliphatic carbocycles. The molecule has 2 amide bonds. The number of aryl methyl sites for hydroxylation is 1. The highest BCUT2D eigenvalue weighted by atomic mass is 35.5. The average Bonchev–Trinajstić information content (AvgIpc) is 2.79. The first-order valence-electron chi connectivity index (χ1n) is 10.8. The number of amides is 2. The zero-order valence-electron chi connectivity index (χ0n) is 18.7. The number of carbonyl (C=O) groups is 2. The van der Waals surface area contributed by atoms with Crippen molar-refractivity contribution in [3.8, 4) is 0 Å². The van der Waals surface area contributed by atoms with Crippen LogP contribution in [-0.4, -0.2) is 23.3 Å². The second kappa shape index (κ2) is 9.70. The first kappa shape index (κ1) is 24.7. The second-order valence-electron chi connectivity index (χ2n) is 8.44. The van der Waals surface area contributed by atoms with Gasteiger partial charge in [0.25, 0.3) is 5.91 Å². The van der Waals surface area contributed by atoms with Gasteiger partial charge in [-0.25, -0.2) is 4.39 Å². The summed E-state index contributed by atoms with van der Waals surface area (Å²) in [5.74, 6) is -2.07. The van der Waals surface area contributed by atoms with Crippen molar-refractivity contribution in [3.63, 3.8) is 0 Å². The van der Waals surface area contributed by atoms with Gasteiger partial charge in [-0.2, -0.15) is 13.2 Å². The quantitative estimate of drug-likeness (QED) is 0.431. The molecule has 1 aliphatic rings. The molecule has 182 valence electrons. The van der Waals surface area contributed by atoms with Crippen molar-refractivity contribution in [2.75, 3.05) is 11.9 Å². The minimum atomic E-state index is -4.81. The first-order chi connectivity index (χ1) is 16.5. The van der Waals surface area contributed by atoms with Gasteiger partial charge in [0, 0.05) is 18.7 Å². The molecule has 1 heterocycles. The van der Waals surface area contributed by atoms with Crippen LogP contribution in [0.5, 0.6) is 0 Å². The van der Waals surface area contributed by atoms with Crippen LogP contribution in [0.2, 0.25) is 5.02 Å². The van der Waals surface area contributed by atoms with Crippen molar-refractivity contribution in [2.24, 2.45) is 0 Å². The highest BCUT2D eigenvalue weighted by molar-refractivity contribution is 6.34. The van der Waals surface area contributed by atoms with Gasteiger partial charge in [0.1, 0.15) is 5.82 Å². The van der Waals surface area contributed by atoms with Gasteiger partial charge < -0.3 is 10.2 Å². The molecule has 0 bridgehead atoms. The van der Waals surface area contributed by atoms with Gasteiger partial charge in [-0.15, -0.1) is 0 Å². The van der Waals surface area contributed by atoms with Gasteiger partial charge in [0.2, 0.25) is 5.91 Å². The monoisotopic (exact) mass is 504 g/mol. The summed E-state index contributed by atoms with van der Waals surface area (Å²) in [6.45, 7) is 2.68. The molecule has 1 N–H and O–H groups in total. The minimum absolute atomic E-state index is 0.0933. The van der Waals surface area contributed by atoms with Crippen LogP contribution >= 0.6 is 11.6 Å². The topological polar surface area (TPSA) is 49.4 Å². The predicted molar refractivity (Wildman–Crippen MR) is 125 cm³/mol. The Balaban J connectivity index is 1.49. The molecule has 0 saturated carbocycles. The Bertz CT molecular complexity index is 1310. The number of hydrogen-bond donors (Lipinski definition) is 1. The SMILES string of the molecule is Cc1cccc(C(=O)N2CCc3c(ccc(Cl)c3NC(=O)Cc3ccc(C(F)(F)F)c(F)c3)C2)c1. The van der Waals surface area contributed by atoms with Crippen molar-refractivity contribution in [3.05, 3.63) is 98.8 Å². The van der Waals surface area contributed by atoms with Gasteiger partial charge in [-0.3, -0.25) is 9.59 Å². The predicted octanol–water partition coefficient (Wildman–Crippen LogP) is 6.19. The number of rotatable bonds is 4. The Hall–Kier alpha value is -3.39. The Labute approximate surface area is 204 Å². The molecular formula is C26H21ClF4N2O2. The Morgan fingerprint density at radius 2 is 1.86 bits per heavy atom. The molecule has 0 aromatic heterocycles. The maximum absolute atomic E-state index is 13.9. The summed E-state index contributed by atoms with van der Waals surface area (Å²) in [7, 11) is 0. The summed E-state index contributed by atoms with van der Waals surface area (Å²) >= 11 is 6.34. The molecule has 4 rings (SSSR count). The molecule has 0 spiro atoms. The van der Waals surface area contributed by atoms with Crippen LogP contribution in [0.1, 0.15) is 38.2 Å². The van der Waals surface area contributed by atoms with Gasteiger partial charge in [0.15, 0.2) is 0 Å². The van der Waals surface area contributed by atoms with Crippen LogP contribution in [0.25, 0.3) is 0 Å². The van der Waals surface area contributed by atoms with E-state index in [4.69, 9.17) is 11.6 Å². The highest BCUT2D eigenvalue weighted by Gasteiger charge is 2.34. The van der Waals surface area contributed by atoms with Gasteiger partial charge in [-0.1, -0.05) is 41.4 Å². The van der Waals surface area contributed by atoms with Crippen molar-refractivity contribution in [2.45, 2.75) is 32.5 Å². The third kappa shape index (κ3) is 5.48. The number of nitrogens with one attached hydrogen (secondary N) is 1. The van der Waals surface area contributed by atoms with Crippen LogP contribution in [0.4, 0.5) is 23.2 Å². The maximum Gasteiger partial charge on any atom is 0.419 e. The fourth-order valence-electron chi connectivity index (χ4n) is 4.16. The van der Waals surface area contributed by atoms with Crippen LogP contribution in [-0.2, 0) is 30.4 Å². The molecule has 35 heavy (non-hydrogen) atoms. The number of alkyl halides is 3. The van der Waals surface area contributed by atoms with E-state index < -0.39 is 23.5 Å². The normalized spacial score (nSPS) is 13.4. The molecular weight excluding hydrogens is 484 g/mol. The summed E-state index contributed by atoms with van der Waals surface area (Å²) < 4.78 is 52.2. The lowest BCUT2D eigenvalue weighted by molar-refractivity contribution is -0.140. The number of fused-ring (bicyclic) bond motifs is 1. The fraction of sp³-hybridized carbons (Fsp3) is 0.231. The van der Waals surface area contributed by atoms with E-state index in [0.717, 1.165) is 22.8 Å². The second-order valence-corrected chi connectivity index (χ2v) is 8.85. The van der Waals surface area contributed by atoms with Crippen LogP contribution in [0, 0.1) is 12.7 Å². The van der Waals surface area contributed by atoms with Crippen molar-refractivity contribution in [1.82, 2.24) is 4.90 Å². The molecule has 0 saturated heterocycles. The van der Waals surface area contributed by atoms with E-state index in [0.29, 0.717) is 47.9 Å². The maximum atomic E-state index is 13.9. The standard InChI is InChI=1S/C26H21ClF4N2O2/c1-15-3-2-4-17(11-15)25(35)33-10-9-19-18(14-33)6-8-21(27)24(19)32-23(34)13-16-5-7-20(22(28)12-16)26(29,30)31/h2-8,11-12H,9-10,13-14H2,1H3,(H,32,34). The Morgan fingerprint density at radius 1 is 1.09 bits per heavy atom. The number of hydrogen-bond acceptors (Lipinski definition) is 2. The molecule has 3 aromatic carbocycles. The third-order valence-electron chi connectivity index (χ3n) is 5.87. The van der Waals surface area contributed by atoms with E-state index in [1.165, 1.54) is 0 Å². The van der Waals surface area contributed by atoms with Crippen LogP contribution < -0.4 is 5.32 Å². The number of anilines is 1. The van der Waals surface area contributed by atoms with Crippen molar-refractivity contribution >= 4 is 29.1 Å². The molecule has 0 unspecified atom stereocenters. The number of benzene rings is 3. The van der Waals surface area contributed by atoms with E-state index in [1.54, 1.807) is 23.1 Å². The first-order valence-corrected chi connectivity index (χ1v) is 11.2. The van der Waals surface area contributed by atoms with E-state index in [2.05, 4.69) is 5.32 Å². The summed E-state index contributed by atoms with van der Waals surface area (Å²) in [5.41, 5.74) is 2.31. The molecule has 1 aliphatic heterocycles. The Kier molecular flexibility index (Phi) is 6.85. The van der Waals surface area contributed by atoms with Gasteiger partial charge in [0.05, 0.1) is 22.7 Å². The zero-order chi connectivity index (χ0) is 25.3. The Morgan fingerprint density at radius 3 is 2.54 bits per heavy atom. The lowest BCUT2D eigenvalue weighted by Crippen LogP contribution is -2.36. The molecule has 4 nitrogen and oxygen atoms in total. The van der Waals surface area contributed by atoms with Gasteiger partial charge in [-0.05, 0) is 60.4 Å². The van der Waals surface area contributed by atoms with E-state index in [9.17, 15) is 27.2 Å². The van der Waals surface area contributed by atoms with Crippen molar-refractivity contribution < 1.29 is 27.2 Å². The summed E-state index contributed by atoms with van der Waals surface area (Å²) in [4.78, 5) is 27.3. The number of halogens is 5. The van der Waals surface area contributed by atoms with Crippen molar-refractivity contribution in [1.29, 1.82) is 0 Å². The van der Waals surface area contributed by atoms with E-state index in [1.807, 2.05) is 25.1 Å². The molecule has 3 aromatic rings. The van der Waals surface area contributed by atoms with E-state index >= 15 is 0 Å². The largest absolute Gasteiger partial charge is 0.419 e. The van der Waals surface area contributed by atoms with Crippen LogP contribution in [0.3, 0.4) is 0 Å². The molecule has 9 heteroatoms. The summed E-state index contributed by atoms with van der Waals surface area (Å²) in [5, 5.41) is 3.02. The minimum Gasteiger partial charge on any atom is -0.334 e. The lowest BCUT2D eigenvalue weighted by atomic mass is 9.96. The van der Waals surface area contributed by atoms with Crippen LogP contribution in [0.15, 0.2) is 54.6 Å². The summed E-state index contributed by atoms with van der Waals surface area (Å²) in [6.07, 6.45) is -4.68. The number of nitrogens with zero attached hydrogens (tertiary/aromatic N) is 1. The molecule has 0 atom stereocenters. The summed E-state index contributed by atoms with van der Waals surface area (Å²) in [6, 6.07) is 13.2. The average molecular weight is 505 g/mol. The van der Waals surface area contributed by atoms with Gasteiger partial charge >= 0.3 is 6.18 Å². The third-order valence-corrected chi connectivity index (χ3v) is 6.19. The fourth-order valence-corrected chi connectivity index (χ4v) is 4.39. The zero-order valence-corrected chi connectivity index (χ0v) is 19.4. The smallest absolute Gasteiger partial charge is 0.334 e. The highest BCUT2D eigenvalue weighted by Crippen LogP contribution is 2.34. The number of carbonyl (C=O) groups excluding carboxylic acids is 2. The molecule has 0 radical (unpaired) electrons.